The van der Waals surface area contributed by atoms with Crippen LogP contribution in [0.1, 0.15) is 38.5 Å². The molecule has 2 aliphatic heterocycles. The molecule has 4 nitrogen and oxygen atoms in total. The minimum absolute atomic E-state index is 0. The SMILES string of the molecule is C(C=NC1=NCCCC1)=NC1=NCCCC1.[Cl-].[Cl-].[Ni+2]. The first-order chi connectivity index (χ1) is 7.95. The third-order valence-electron chi connectivity index (χ3n) is 2.72. The summed E-state index contributed by atoms with van der Waals surface area (Å²) in [5.74, 6) is 1.92. The number of aliphatic imine (C=N–C) groups is 4. The van der Waals surface area contributed by atoms with Crippen LogP contribution in [-0.4, -0.2) is 37.2 Å². The van der Waals surface area contributed by atoms with Crippen LogP contribution in [0.3, 0.4) is 0 Å². The maximum absolute atomic E-state index is 4.34. The standard InChI is InChI=1S/C12H18N4.2ClH.Ni/c1-3-7-13-11(5-1)15-9-10-16-12-6-2-4-8-14-12;;;/h9-10H,1-8H2;2*1H;/q;;;+2/p-2. The molecule has 2 heterocycles. The van der Waals surface area contributed by atoms with E-state index in [1.807, 2.05) is 0 Å². The summed E-state index contributed by atoms with van der Waals surface area (Å²) in [6, 6.07) is 0. The first kappa shape index (κ1) is 21.1. The van der Waals surface area contributed by atoms with Gasteiger partial charge >= 0.3 is 16.5 Å². The summed E-state index contributed by atoms with van der Waals surface area (Å²) in [7, 11) is 0. The Morgan fingerprint density at radius 1 is 0.737 bits per heavy atom. The molecule has 0 aromatic rings. The second-order valence-corrected chi connectivity index (χ2v) is 4.07. The van der Waals surface area contributed by atoms with Gasteiger partial charge in [-0.3, -0.25) is 9.98 Å². The van der Waals surface area contributed by atoms with Gasteiger partial charge in [-0.05, 0) is 25.7 Å². The van der Waals surface area contributed by atoms with E-state index in [9.17, 15) is 0 Å². The summed E-state index contributed by atoms with van der Waals surface area (Å²) in [5, 5.41) is 0. The Kier molecular flexibility index (Phi) is 14.2. The molecule has 110 valence electrons. The van der Waals surface area contributed by atoms with E-state index in [2.05, 4.69) is 20.0 Å². The third kappa shape index (κ3) is 8.51. The van der Waals surface area contributed by atoms with Crippen molar-refractivity contribution >= 4 is 24.1 Å². The molecular formula is C12H18Cl2N4Ni. The van der Waals surface area contributed by atoms with E-state index in [0.29, 0.717) is 0 Å². The Bertz CT molecular complexity index is 320. The molecule has 0 amide bonds. The van der Waals surface area contributed by atoms with E-state index in [1.54, 1.807) is 12.4 Å². The van der Waals surface area contributed by atoms with Crippen molar-refractivity contribution in [3.05, 3.63) is 0 Å². The van der Waals surface area contributed by atoms with Crippen molar-refractivity contribution in [2.75, 3.05) is 13.1 Å². The molecule has 0 fully saturated rings. The summed E-state index contributed by atoms with van der Waals surface area (Å²) >= 11 is 0. The topological polar surface area (TPSA) is 49.4 Å². The quantitative estimate of drug-likeness (QED) is 0.346. The van der Waals surface area contributed by atoms with Gasteiger partial charge < -0.3 is 24.8 Å². The van der Waals surface area contributed by atoms with Crippen LogP contribution in [0.4, 0.5) is 0 Å². The molecule has 0 saturated heterocycles. The zero-order valence-corrected chi connectivity index (χ0v) is 13.2. The van der Waals surface area contributed by atoms with Gasteiger partial charge in [-0.15, -0.1) is 0 Å². The predicted molar refractivity (Wildman–Crippen MR) is 69.3 cm³/mol. The zero-order valence-electron chi connectivity index (χ0n) is 10.7. The van der Waals surface area contributed by atoms with E-state index in [-0.39, 0.29) is 41.3 Å². The first-order valence-corrected chi connectivity index (χ1v) is 6.08. The van der Waals surface area contributed by atoms with E-state index in [1.165, 1.54) is 25.7 Å². The molecule has 0 unspecified atom stereocenters. The molecule has 0 aromatic carbocycles. The van der Waals surface area contributed by atoms with Crippen molar-refractivity contribution in [1.82, 2.24) is 0 Å². The Hall–Kier alpha value is -0.246. The average Bonchev–Trinajstić information content (AvgIpc) is 2.37. The number of amidine groups is 2. The minimum Gasteiger partial charge on any atom is -1.00 e. The Balaban J connectivity index is 0. The summed E-state index contributed by atoms with van der Waals surface area (Å²) in [6.07, 6.45) is 10.3. The molecule has 0 N–H and O–H groups in total. The van der Waals surface area contributed by atoms with Gasteiger partial charge in [-0.2, -0.15) is 0 Å². The minimum atomic E-state index is 0. The smallest absolute Gasteiger partial charge is 1.00 e. The van der Waals surface area contributed by atoms with Crippen molar-refractivity contribution in [2.45, 2.75) is 38.5 Å². The molecule has 2 aliphatic rings. The predicted octanol–water partition coefficient (Wildman–Crippen LogP) is -3.70. The van der Waals surface area contributed by atoms with Crippen LogP contribution >= 0.6 is 0 Å². The van der Waals surface area contributed by atoms with Gasteiger partial charge in [0.25, 0.3) is 0 Å². The van der Waals surface area contributed by atoms with Crippen molar-refractivity contribution in [3.63, 3.8) is 0 Å². The molecule has 0 bridgehead atoms. The molecule has 19 heavy (non-hydrogen) atoms. The van der Waals surface area contributed by atoms with Gasteiger partial charge in [0.05, 0.1) is 0 Å². The van der Waals surface area contributed by atoms with Gasteiger partial charge in [0.15, 0.2) is 0 Å². The normalized spacial score (nSPS) is 18.9. The van der Waals surface area contributed by atoms with Crippen LogP contribution in [0.15, 0.2) is 20.0 Å². The van der Waals surface area contributed by atoms with E-state index >= 15 is 0 Å². The summed E-state index contributed by atoms with van der Waals surface area (Å²) in [5.41, 5.74) is 0. The Morgan fingerprint density at radius 3 is 1.47 bits per heavy atom. The van der Waals surface area contributed by atoms with Crippen LogP contribution < -0.4 is 24.8 Å². The molecule has 7 heteroatoms. The van der Waals surface area contributed by atoms with Crippen LogP contribution in [0.25, 0.3) is 0 Å². The number of rotatable bonds is 1. The van der Waals surface area contributed by atoms with Crippen LogP contribution in [0.5, 0.6) is 0 Å². The largest absolute Gasteiger partial charge is 2.00 e. The molecule has 0 saturated carbocycles. The van der Waals surface area contributed by atoms with E-state index in [0.717, 1.165) is 37.6 Å². The first-order valence-electron chi connectivity index (χ1n) is 6.08. The molecule has 0 spiro atoms. The van der Waals surface area contributed by atoms with Crippen LogP contribution in [-0.2, 0) is 16.5 Å². The Morgan fingerprint density at radius 2 is 1.16 bits per heavy atom. The summed E-state index contributed by atoms with van der Waals surface area (Å²) in [6.45, 7) is 1.85. The Labute approximate surface area is 137 Å². The van der Waals surface area contributed by atoms with E-state index < -0.39 is 0 Å². The molecule has 0 aromatic heterocycles. The maximum Gasteiger partial charge on any atom is 2.00 e. The molecule has 0 aliphatic carbocycles. The van der Waals surface area contributed by atoms with Gasteiger partial charge in [-0.25, -0.2) is 9.98 Å². The second-order valence-electron chi connectivity index (χ2n) is 4.07. The number of nitrogens with zero attached hydrogens (tertiary/aromatic N) is 4. The fourth-order valence-electron chi connectivity index (χ4n) is 1.81. The van der Waals surface area contributed by atoms with Gasteiger partial charge in [0.1, 0.15) is 11.7 Å². The van der Waals surface area contributed by atoms with Crippen molar-refractivity contribution in [3.8, 4) is 0 Å². The monoisotopic (exact) mass is 346 g/mol. The average molecular weight is 348 g/mol. The van der Waals surface area contributed by atoms with Crippen molar-refractivity contribution in [2.24, 2.45) is 20.0 Å². The fraction of sp³-hybridized carbons (Fsp3) is 0.667. The van der Waals surface area contributed by atoms with Gasteiger partial charge in [0, 0.05) is 38.4 Å². The molecular weight excluding hydrogens is 330 g/mol. The summed E-state index contributed by atoms with van der Waals surface area (Å²) in [4.78, 5) is 17.3. The molecule has 0 atom stereocenters. The van der Waals surface area contributed by atoms with Crippen LogP contribution in [0.2, 0.25) is 0 Å². The fourth-order valence-corrected chi connectivity index (χ4v) is 1.81. The van der Waals surface area contributed by atoms with Gasteiger partial charge in [-0.1, -0.05) is 0 Å². The second kappa shape index (κ2) is 12.8. The van der Waals surface area contributed by atoms with Gasteiger partial charge in [0.2, 0.25) is 0 Å². The van der Waals surface area contributed by atoms with Crippen molar-refractivity contribution in [1.29, 1.82) is 0 Å². The summed E-state index contributed by atoms with van der Waals surface area (Å²) < 4.78 is 0. The third-order valence-corrected chi connectivity index (χ3v) is 2.72. The van der Waals surface area contributed by atoms with E-state index in [4.69, 9.17) is 0 Å². The number of hydrogen-bond acceptors (Lipinski definition) is 4. The maximum atomic E-state index is 4.34. The number of hydrogen-bond donors (Lipinski definition) is 0. The zero-order chi connectivity index (χ0) is 11.1. The molecule has 0 radical (unpaired) electrons. The van der Waals surface area contributed by atoms with Crippen LogP contribution in [0, 0.1) is 0 Å². The number of halogens is 2. The molecule has 2 rings (SSSR count). The van der Waals surface area contributed by atoms with Crippen molar-refractivity contribution < 1.29 is 41.3 Å².